The number of halogens is 6. The molecule has 34 heavy (non-hydrogen) atoms. The number of aromatic amines is 1. The number of aromatic nitrogens is 3. The molecule has 3 N–H and O–H groups in total. The number of pyridine rings is 1. The second-order valence-corrected chi connectivity index (χ2v) is 7.09. The van der Waals surface area contributed by atoms with Gasteiger partial charge in [0.05, 0.1) is 12.2 Å². The van der Waals surface area contributed by atoms with Crippen molar-refractivity contribution in [2.75, 3.05) is 24.6 Å². The Bertz CT molecular complexity index is 1110. The van der Waals surface area contributed by atoms with Gasteiger partial charge in [0, 0.05) is 42.8 Å². The molecule has 0 fully saturated rings. The number of hydrogen-bond donors (Lipinski definition) is 3. The quantitative estimate of drug-likeness (QED) is 0.417. The van der Waals surface area contributed by atoms with Crippen LogP contribution in [0.15, 0.2) is 41.1 Å². The molecule has 1 aliphatic rings. The van der Waals surface area contributed by atoms with Gasteiger partial charge in [-0.25, -0.2) is 15.4 Å². The van der Waals surface area contributed by atoms with Crippen molar-refractivity contribution in [1.29, 1.82) is 0 Å². The van der Waals surface area contributed by atoms with Crippen LogP contribution in [-0.4, -0.2) is 45.7 Å². The highest BCUT2D eigenvalue weighted by Crippen LogP contribution is 2.29. The summed E-state index contributed by atoms with van der Waals surface area (Å²) in [6, 6.07) is 0.508. The molecule has 0 saturated heterocycles. The Balaban J connectivity index is 1.61. The molecule has 1 atom stereocenters. The number of nitrogens with one attached hydrogen (secondary N) is 2. The molecule has 15 heteroatoms. The number of hydroxylamine groups is 1. The summed E-state index contributed by atoms with van der Waals surface area (Å²) in [5, 5.41) is 9.44. The lowest BCUT2D eigenvalue weighted by atomic mass is 10.1. The molecule has 0 radical (unpaired) electrons. The lowest BCUT2D eigenvalue weighted by Crippen LogP contribution is -2.35. The topological polar surface area (TPSA) is 120 Å². The van der Waals surface area contributed by atoms with E-state index in [1.54, 1.807) is 0 Å². The standard InChI is InChI=1S/C19H17F6N5O4/c20-18(21,22)12-7-27-17(28-8-12)30-3-1-10(2-4-30)15(32)29-34-14(9-31)11-5-13(19(23,24)25)16(33)26-6-11/h1,5-8,14,31H,2-4,9H2,(H,26,33)(H,29,32). The van der Waals surface area contributed by atoms with Crippen LogP contribution < -0.4 is 15.9 Å². The number of carbonyl (C=O) groups excluding carboxylic acids is 1. The van der Waals surface area contributed by atoms with Gasteiger partial charge in [-0.05, 0) is 12.5 Å². The Hall–Kier alpha value is -3.46. The van der Waals surface area contributed by atoms with Crippen LogP contribution in [0.4, 0.5) is 32.3 Å². The number of hydrogen-bond acceptors (Lipinski definition) is 7. The zero-order chi connectivity index (χ0) is 25.1. The zero-order valence-electron chi connectivity index (χ0n) is 17.1. The highest BCUT2D eigenvalue weighted by atomic mass is 19.4. The number of aliphatic hydroxyl groups excluding tert-OH is 1. The Kier molecular flexibility index (Phi) is 7.26. The number of carbonyl (C=O) groups is 1. The minimum atomic E-state index is -4.93. The third-order valence-corrected chi connectivity index (χ3v) is 4.81. The summed E-state index contributed by atoms with van der Waals surface area (Å²) in [5.74, 6) is -0.689. The molecule has 0 spiro atoms. The molecule has 0 aromatic carbocycles. The highest BCUT2D eigenvalue weighted by molar-refractivity contribution is 5.93. The number of amides is 1. The van der Waals surface area contributed by atoms with E-state index >= 15 is 0 Å². The number of alkyl halides is 6. The van der Waals surface area contributed by atoms with Crippen molar-refractivity contribution < 1.29 is 41.1 Å². The maximum atomic E-state index is 12.9. The third kappa shape index (κ3) is 5.91. The van der Waals surface area contributed by atoms with E-state index in [0.717, 1.165) is 6.20 Å². The molecule has 1 amide bonds. The number of anilines is 1. The van der Waals surface area contributed by atoms with Crippen LogP contribution in [0.2, 0.25) is 0 Å². The largest absolute Gasteiger partial charge is 0.421 e. The van der Waals surface area contributed by atoms with Crippen molar-refractivity contribution in [2.45, 2.75) is 24.9 Å². The molecule has 1 unspecified atom stereocenters. The average molecular weight is 493 g/mol. The molecule has 184 valence electrons. The highest BCUT2D eigenvalue weighted by Gasteiger charge is 2.35. The monoisotopic (exact) mass is 493 g/mol. The average Bonchev–Trinajstić information content (AvgIpc) is 2.79. The fourth-order valence-electron chi connectivity index (χ4n) is 2.99. The van der Waals surface area contributed by atoms with Gasteiger partial charge >= 0.3 is 12.4 Å². The summed E-state index contributed by atoms with van der Waals surface area (Å²) in [4.78, 5) is 39.5. The van der Waals surface area contributed by atoms with E-state index in [1.165, 1.54) is 11.0 Å². The zero-order valence-corrected chi connectivity index (χ0v) is 17.1. The molecular formula is C19H17F6N5O4. The minimum absolute atomic E-state index is 0.0406. The van der Waals surface area contributed by atoms with Crippen LogP contribution in [0.25, 0.3) is 0 Å². The van der Waals surface area contributed by atoms with Gasteiger partial charge in [-0.1, -0.05) is 6.08 Å². The second-order valence-electron chi connectivity index (χ2n) is 7.09. The first-order chi connectivity index (χ1) is 15.9. The molecule has 9 nitrogen and oxygen atoms in total. The molecular weight excluding hydrogens is 476 g/mol. The van der Waals surface area contributed by atoms with Gasteiger partial charge in [0.2, 0.25) is 5.95 Å². The van der Waals surface area contributed by atoms with Gasteiger partial charge in [0.1, 0.15) is 11.7 Å². The smallest absolute Gasteiger partial charge is 0.393 e. The van der Waals surface area contributed by atoms with Crippen LogP contribution in [0.3, 0.4) is 0 Å². The molecule has 1 aliphatic heterocycles. The fraction of sp³-hybridized carbons (Fsp3) is 0.368. The van der Waals surface area contributed by atoms with E-state index in [1.807, 2.05) is 10.5 Å². The maximum Gasteiger partial charge on any atom is 0.421 e. The number of H-pyrrole nitrogens is 1. The first kappa shape index (κ1) is 25.2. The minimum Gasteiger partial charge on any atom is -0.393 e. The van der Waals surface area contributed by atoms with Crippen molar-refractivity contribution in [2.24, 2.45) is 0 Å². The molecule has 0 bridgehead atoms. The van der Waals surface area contributed by atoms with Crippen molar-refractivity contribution in [3.63, 3.8) is 0 Å². The maximum absolute atomic E-state index is 12.9. The van der Waals surface area contributed by atoms with E-state index < -0.39 is 47.7 Å². The van der Waals surface area contributed by atoms with Crippen LogP contribution in [0.5, 0.6) is 0 Å². The van der Waals surface area contributed by atoms with E-state index in [0.29, 0.717) is 18.5 Å². The Morgan fingerprint density at radius 2 is 1.88 bits per heavy atom. The van der Waals surface area contributed by atoms with Crippen molar-refractivity contribution in [3.8, 4) is 0 Å². The van der Waals surface area contributed by atoms with E-state index in [4.69, 9.17) is 4.84 Å². The summed E-state index contributed by atoms with van der Waals surface area (Å²) in [5.41, 5.74) is -1.80. The van der Waals surface area contributed by atoms with Crippen LogP contribution in [-0.2, 0) is 22.0 Å². The first-order valence-corrected chi connectivity index (χ1v) is 9.60. The van der Waals surface area contributed by atoms with Gasteiger partial charge in [0.15, 0.2) is 0 Å². The number of rotatable bonds is 6. The Morgan fingerprint density at radius 1 is 1.21 bits per heavy atom. The first-order valence-electron chi connectivity index (χ1n) is 9.60. The predicted molar refractivity (Wildman–Crippen MR) is 103 cm³/mol. The fourth-order valence-corrected chi connectivity index (χ4v) is 2.99. The van der Waals surface area contributed by atoms with Gasteiger partial charge in [-0.2, -0.15) is 26.3 Å². The van der Waals surface area contributed by atoms with Crippen LogP contribution in [0, 0.1) is 0 Å². The normalized spacial score (nSPS) is 15.6. The predicted octanol–water partition coefficient (Wildman–Crippen LogP) is 2.12. The summed E-state index contributed by atoms with van der Waals surface area (Å²) < 4.78 is 76.6. The number of nitrogens with zero attached hydrogens (tertiary/aromatic N) is 3. The van der Waals surface area contributed by atoms with E-state index in [-0.39, 0.29) is 36.6 Å². The Labute approximate surface area is 187 Å². The van der Waals surface area contributed by atoms with Crippen molar-refractivity contribution in [3.05, 3.63) is 63.4 Å². The van der Waals surface area contributed by atoms with Crippen molar-refractivity contribution in [1.82, 2.24) is 20.4 Å². The summed E-state index contributed by atoms with van der Waals surface area (Å²) in [6.45, 7) is -0.503. The molecule has 3 rings (SSSR count). The third-order valence-electron chi connectivity index (χ3n) is 4.81. The van der Waals surface area contributed by atoms with Gasteiger partial charge < -0.3 is 15.0 Å². The van der Waals surface area contributed by atoms with Gasteiger partial charge in [-0.3, -0.25) is 14.4 Å². The van der Waals surface area contributed by atoms with Crippen LogP contribution in [0.1, 0.15) is 29.2 Å². The van der Waals surface area contributed by atoms with Crippen molar-refractivity contribution >= 4 is 11.9 Å². The second kappa shape index (κ2) is 9.80. The molecule has 2 aromatic rings. The lowest BCUT2D eigenvalue weighted by molar-refractivity contribution is -0.140. The summed E-state index contributed by atoms with van der Waals surface area (Å²) in [7, 11) is 0. The molecule has 0 saturated carbocycles. The van der Waals surface area contributed by atoms with Gasteiger partial charge in [0.25, 0.3) is 11.5 Å². The van der Waals surface area contributed by atoms with Gasteiger partial charge in [-0.15, -0.1) is 0 Å². The van der Waals surface area contributed by atoms with Crippen LogP contribution >= 0.6 is 0 Å². The molecule has 3 heterocycles. The molecule has 0 aliphatic carbocycles. The SMILES string of the molecule is O=C(NOC(CO)c1c[nH]c(=O)c(C(F)(F)F)c1)C1=CCN(c2ncc(C(F)(F)F)cn2)CC1. The molecule has 2 aromatic heterocycles. The summed E-state index contributed by atoms with van der Waals surface area (Å²) >= 11 is 0. The Morgan fingerprint density at radius 3 is 2.41 bits per heavy atom. The summed E-state index contributed by atoms with van der Waals surface area (Å²) in [6.07, 6.45) is -7.07. The van der Waals surface area contributed by atoms with E-state index in [9.17, 15) is 41.0 Å². The number of aliphatic hydroxyl groups is 1. The lowest BCUT2D eigenvalue weighted by Gasteiger charge is -2.26. The van der Waals surface area contributed by atoms with E-state index in [2.05, 4.69) is 9.97 Å².